The summed E-state index contributed by atoms with van der Waals surface area (Å²) < 4.78 is 11.3. The second-order valence-electron chi connectivity index (χ2n) is 14.0. The minimum absolute atomic E-state index is 0.00990. The highest BCUT2D eigenvalue weighted by Gasteiger charge is 2.76. The number of phenols is 1. The van der Waals surface area contributed by atoms with Gasteiger partial charge in [0.25, 0.3) is 5.91 Å². The number of benzene rings is 2. The highest BCUT2D eigenvalue weighted by Crippen LogP contribution is 2.71. The van der Waals surface area contributed by atoms with Crippen LogP contribution in [0, 0.1) is 34.5 Å². The number of hydrogen-bond acceptors (Lipinski definition) is 10. The van der Waals surface area contributed by atoms with Gasteiger partial charge >= 0.3 is 11.9 Å². The summed E-state index contributed by atoms with van der Waals surface area (Å²) in [4.78, 5) is 53.6. The van der Waals surface area contributed by atoms with E-state index in [9.17, 15) is 34.5 Å². The van der Waals surface area contributed by atoms with Crippen LogP contribution in [0.5, 0.6) is 5.75 Å². The number of amides is 1. The third-order valence-corrected chi connectivity index (χ3v) is 11.1. The molecule has 0 heterocycles. The molecule has 2 aromatic rings. The van der Waals surface area contributed by atoms with E-state index in [0.29, 0.717) is 12.0 Å². The second-order valence-corrected chi connectivity index (χ2v) is 14.0. The molecule has 11 heteroatoms. The van der Waals surface area contributed by atoms with Crippen LogP contribution in [0.25, 0.3) is 0 Å². The summed E-state index contributed by atoms with van der Waals surface area (Å²) in [6.45, 7) is 8.62. The number of Topliss-reactive ketones (excluding diaryl/α,β-unsaturated/α-hetero) is 1. The number of aliphatic hydroxyl groups is 2. The Morgan fingerprint density at radius 2 is 1.77 bits per heavy atom. The Morgan fingerprint density at radius 3 is 2.47 bits per heavy atom. The zero-order chi connectivity index (χ0) is 34.2. The SMILES string of the molecule is CC(=O)OCC1=C[C@H]2C(=O)[C@]3(C=C(C)[C@H](OC(=O)c4ccccc4NC(=O)c4cccc(O)c4N)[C@@]3(O)[C@@H]1O)[C@H](C)C[C@@H]1[C@H]2C1(C)C. The van der Waals surface area contributed by atoms with Crippen LogP contribution in [-0.4, -0.2) is 63.4 Å². The second kappa shape index (κ2) is 11.1. The molecule has 248 valence electrons. The number of ketones is 1. The average molecular weight is 645 g/mol. The van der Waals surface area contributed by atoms with E-state index in [1.807, 2.05) is 6.92 Å². The predicted molar refractivity (Wildman–Crippen MR) is 171 cm³/mol. The van der Waals surface area contributed by atoms with Crippen molar-refractivity contribution in [2.45, 2.75) is 58.8 Å². The first-order chi connectivity index (χ1) is 22.1. The highest BCUT2D eigenvalue weighted by molar-refractivity contribution is 6.11. The fraction of sp³-hybridized carbons (Fsp3) is 0.444. The van der Waals surface area contributed by atoms with Gasteiger partial charge in [-0.2, -0.15) is 0 Å². The molecule has 1 spiro atoms. The molecular weight excluding hydrogens is 604 g/mol. The first kappa shape index (κ1) is 32.5. The van der Waals surface area contributed by atoms with Crippen LogP contribution in [0.1, 0.15) is 61.8 Å². The van der Waals surface area contributed by atoms with Gasteiger partial charge in [-0.15, -0.1) is 0 Å². The Bertz CT molecular complexity index is 1760. The maximum absolute atomic E-state index is 14.7. The number of anilines is 2. The molecule has 2 saturated carbocycles. The van der Waals surface area contributed by atoms with Gasteiger partial charge in [-0.3, -0.25) is 14.4 Å². The molecule has 0 aliphatic heterocycles. The lowest BCUT2D eigenvalue weighted by molar-refractivity contribution is -0.191. The number of allylic oxidation sites excluding steroid dienone is 1. The summed E-state index contributed by atoms with van der Waals surface area (Å²) in [6, 6.07) is 10.3. The largest absolute Gasteiger partial charge is 0.506 e. The van der Waals surface area contributed by atoms with Gasteiger partial charge in [-0.25, -0.2) is 4.79 Å². The Morgan fingerprint density at radius 1 is 1.09 bits per heavy atom. The monoisotopic (exact) mass is 644 g/mol. The minimum atomic E-state index is -2.33. The van der Waals surface area contributed by atoms with E-state index < -0.39 is 52.9 Å². The van der Waals surface area contributed by atoms with Gasteiger partial charge in [0.05, 0.1) is 27.9 Å². The molecule has 0 unspecified atom stereocenters. The van der Waals surface area contributed by atoms with E-state index in [2.05, 4.69) is 19.2 Å². The lowest BCUT2D eigenvalue weighted by Crippen LogP contribution is -2.65. The van der Waals surface area contributed by atoms with Crippen molar-refractivity contribution in [3.8, 4) is 5.75 Å². The average Bonchev–Trinajstić information content (AvgIpc) is 3.51. The zero-order valence-corrected chi connectivity index (χ0v) is 26.9. The van der Waals surface area contributed by atoms with Crippen molar-refractivity contribution in [2.24, 2.45) is 34.5 Å². The number of ether oxygens (including phenoxy) is 2. The number of aromatic hydroxyl groups is 1. The number of esters is 2. The van der Waals surface area contributed by atoms with Crippen molar-refractivity contribution in [2.75, 3.05) is 17.7 Å². The molecular formula is C36H40N2O9. The molecule has 11 nitrogen and oxygen atoms in total. The van der Waals surface area contributed by atoms with E-state index in [4.69, 9.17) is 15.2 Å². The smallest absolute Gasteiger partial charge is 0.340 e. The molecule has 2 bridgehead atoms. The predicted octanol–water partition coefficient (Wildman–Crippen LogP) is 3.79. The van der Waals surface area contributed by atoms with Gasteiger partial charge in [-0.1, -0.05) is 51.1 Å². The highest BCUT2D eigenvalue weighted by atomic mass is 16.6. The molecule has 4 aliphatic carbocycles. The number of rotatable bonds is 6. The lowest BCUT2D eigenvalue weighted by Gasteiger charge is -2.48. The van der Waals surface area contributed by atoms with E-state index >= 15 is 0 Å². The van der Waals surface area contributed by atoms with Gasteiger partial charge in [0, 0.05) is 12.8 Å². The molecule has 47 heavy (non-hydrogen) atoms. The van der Waals surface area contributed by atoms with Gasteiger partial charge in [0.1, 0.15) is 18.5 Å². The first-order valence-electron chi connectivity index (χ1n) is 15.7. The van der Waals surface area contributed by atoms with Crippen molar-refractivity contribution in [3.05, 3.63) is 76.9 Å². The fourth-order valence-electron chi connectivity index (χ4n) is 8.65. The summed E-state index contributed by atoms with van der Waals surface area (Å²) in [5.74, 6) is -3.69. The molecule has 6 N–H and O–H groups in total. The number of hydrogen-bond donors (Lipinski definition) is 5. The van der Waals surface area contributed by atoms with E-state index in [1.54, 1.807) is 31.2 Å². The number of para-hydroxylation sites is 2. The fourth-order valence-corrected chi connectivity index (χ4v) is 8.65. The Hall–Kier alpha value is -4.48. The van der Waals surface area contributed by atoms with Gasteiger partial charge in [0.15, 0.2) is 17.5 Å². The number of nitrogens with one attached hydrogen (secondary N) is 1. The molecule has 6 rings (SSSR count). The summed E-state index contributed by atoms with van der Waals surface area (Å²) in [5, 5.41) is 37.5. The number of phenolic OH excluding ortho intramolecular Hbond substituents is 1. The number of carbonyl (C=O) groups is 4. The van der Waals surface area contributed by atoms with Crippen LogP contribution >= 0.6 is 0 Å². The summed E-state index contributed by atoms with van der Waals surface area (Å²) >= 11 is 0. The molecule has 2 fully saturated rings. The third-order valence-electron chi connectivity index (χ3n) is 11.1. The van der Waals surface area contributed by atoms with Crippen LogP contribution in [0.3, 0.4) is 0 Å². The normalized spacial score (nSPS) is 33.2. The number of nitrogen functional groups attached to an aromatic ring is 1. The van der Waals surface area contributed by atoms with Crippen LogP contribution in [0.15, 0.2) is 65.8 Å². The quantitative estimate of drug-likeness (QED) is 0.134. The standard InChI is InChI=1S/C36H40N2O9/c1-17-15-35-18(2)13-24-27(34(24,4)5)23(30(35)42)14-20(16-46-19(3)39)29(41)36(35,45)31(17)47-33(44)21-9-6-7-11-25(21)38-32(43)22-10-8-12-26(40)28(22)37/h6-12,14-15,18,23-24,27,29,31,40-41,45H,13,16,37H2,1-5H3,(H,38,43)/t18-,23-,24-,27+,29-,31+,35+,36+/m1/s1. The minimum Gasteiger partial charge on any atom is -0.506 e. The molecule has 2 aromatic carbocycles. The molecule has 0 aromatic heterocycles. The number of aliphatic hydroxyl groups excluding tert-OH is 1. The Labute approximate surface area is 272 Å². The molecule has 0 radical (unpaired) electrons. The summed E-state index contributed by atoms with van der Waals surface area (Å²) in [5.41, 5.74) is 2.23. The molecule has 0 saturated heterocycles. The molecule has 4 aliphatic rings. The van der Waals surface area contributed by atoms with E-state index in [-0.39, 0.29) is 63.5 Å². The Balaban J connectivity index is 1.38. The van der Waals surface area contributed by atoms with Crippen LogP contribution < -0.4 is 11.1 Å². The molecule has 8 atom stereocenters. The van der Waals surface area contributed by atoms with Gasteiger partial charge in [-0.05, 0) is 71.9 Å². The lowest BCUT2D eigenvalue weighted by atomic mass is 9.59. The number of nitrogens with two attached hydrogens (primary N) is 1. The number of carbonyl (C=O) groups excluding carboxylic acids is 4. The topological polar surface area (TPSA) is 185 Å². The van der Waals surface area contributed by atoms with Gasteiger partial charge < -0.3 is 35.8 Å². The van der Waals surface area contributed by atoms with Crippen LogP contribution in [-0.2, 0) is 19.1 Å². The first-order valence-corrected chi connectivity index (χ1v) is 15.7. The summed E-state index contributed by atoms with van der Waals surface area (Å²) in [6.07, 6.45) is 0.723. The van der Waals surface area contributed by atoms with Crippen molar-refractivity contribution >= 4 is 35.0 Å². The summed E-state index contributed by atoms with van der Waals surface area (Å²) in [7, 11) is 0. The third kappa shape index (κ3) is 4.70. The zero-order valence-electron chi connectivity index (χ0n) is 26.9. The van der Waals surface area contributed by atoms with Crippen molar-refractivity contribution in [3.63, 3.8) is 0 Å². The van der Waals surface area contributed by atoms with E-state index in [1.165, 1.54) is 37.3 Å². The number of fused-ring (bicyclic) bond motifs is 3. The Kier molecular flexibility index (Phi) is 7.64. The van der Waals surface area contributed by atoms with Crippen molar-refractivity contribution < 1.29 is 44.0 Å². The van der Waals surface area contributed by atoms with E-state index in [0.717, 1.165) is 0 Å². The molecule has 1 amide bonds. The van der Waals surface area contributed by atoms with Gasteiger partial charge in [0.2, 0.25) is 0 Å². The van der Waals surface area contributed by atoms with Crippen LogP contribution in [0.4, 0.5) is 11.4 Å². The van der Waals surface area contributed by atoms with Crippen LogP contribution in [0.2, 0.25) is 0 Å². The van der Waals surface area contributed by atoms with Crippen molar-refractivity contribution in [1.82, 2.24) is 0 Å². The van der Waals surface area contributed by atoms with Crippen molar-refractivity contribution in [1.29, 1.82) is 0 Å². The maximum Gasteiger partial charge on any atom is 0.340 e. The maximum atomic E-state index is 14.7.